The van der Waals surface area contributed by atoms with Gasteiger partial charge in [-0.1, -0.05) is 12.8 Å². The lowest BCUT2D eigenvalue weighted by atomic mass is 9.79. The Morgan fingerprint density at radius 3 is 2.37 bits per heavy atom. The molecule has 2 unspecified atom stereocenters. The van der Waals surface area contributed by atoms with Crippen LogP contribution < -0.4 is 5.32 Å². The molecular weight excluding hydrogens is 234 g/mol. The summed E-state index contributed by atoms with van der Waals surface area (Å²) in [7, 11) is 2.30. The van der Waals surface area contributed by atoms with Gasteiger partial charge >= 0.3 is 0 Å². The summed E-state index contributed by atoms with van der Waals surface area (Å²) < 4.78 is 0. The van der Waals surface area contributed by atoms with Gasteiger partial charge in [-0.2, -0.15) is 5.26 Å². The minimum Gasteiger partial charge on any atom is -0.300 e. The van der Waals surface area contributed by atoms with Gasteiger partial charge in [0.2, 0.25) is 0 Å². The third kappa shape index (κ3) is 2.95. The average molecular weight is 261 g/mol. The van der Waals surface area contributed by atoms with E-state index in [4.69, 9.17) is 0 Å². The molecule has 0 amide bonds. The highest BCUT2D eigenvalue weighted by Gasteiger charge is 2.42. The molecule has 3 aliphatic rings. The van der Waals surface area contributed by atoms with Crippen molar-refractivity contribution in [2.24, 2.45) is 0 Å². The first-order chi connectivity index (χ1) is 9.22. The van der Waals surface area contributed by atoms with Crippen LogP contribution in [0.25, 0.3) is 0 Å². The third-order valence-electron chi connectivity index (χ3n) is 5.47. The van der Waals surface area contributed by atoms with E-state index in [0.717, 1.165) is 18.9 Å². The average Bonchev–Trinajstić information content (AvgIpc) is 3.08. The van der Waals surface area contributed by atoms with Crippen LogP contribution in [0.5, 0.6) is 0 Å². The molecule has 19 heavy (non-hydrogen) atoms. The maximum Gasteiger partial charge on any atom is 0.108 e. The molecule has 3 saturated carbocycles. The number of hydrogen-bond acceptors (Lipinski definition) is 3. The molecule has 0 saturated heterocycles. The Bertz CT molecular complexity index is 351. The molecule has 0 spiro atoms. The van der Waals surface area contributed by atoms with Crippen LogP contribution in [0.2, 0.25) is 0 Å². The van der Waals surface area contributed by atoms with Gasteiger partial charge in [0, 0.05) is 18.1 Å². The van der Waals surface area contributed by atoms with Crippen LogP contribution in [0.3, 0.4) is 0 Å². The van der Waals surface area contributed by atoms with Gasteiger partial charge in [-0.3, -0.25) is 5.32 Å². The van der Waals surface area contributed by atoms with Gasteiger partial charge in [0.15, 0.2) is 0 Å². The number of hydrogen-bond donors (Lipinski definition) is 1. The first-order valence-electron chi connectivity index (χ1n) is 8.13. The molecule has 0 aromatic rings. The molecular formula is C16H27N3. The van der Waals surface area contributed by atoms with Gasteiger partial charge in [-0.25, -0.2) is 0 Å². The molecule has 0 aromatic heterocycles. The SMILES string of the molecule is CN(C1CCCC1)C1CCCC(C#N)(NC2CC2)C1. The predicted octanol–water partition coefficient (Wildman–Crippen LogP) is 2.82. The van der Waals surface area contributed by atoms with Gasteiger partial charge in [0.25, 0.3) is 0 Å². The normalized spacial score (nSPS) is 36.6. The lowest BCUT2D eigenvalue weighted by Gasteiger charge is -2.42. The first kappa shape index (κ1) is 13.4. The fourth-order valence-corrected chi connectivity index (χ4v) is 4.09. The van der Waals surface area contributed by atoms with Crippen LogP contribution in [0, 0.1) is 11.3 Å². The molecule has 0 radical (unpaired) electrons. The zero-order valence-electron chi connectivity index (χ0n) is 12.2. The predicted molar refractivity (Wildman–Crippen MR) is 76.8 cm³/mol. The highest BCUT2D eigenvalue weighted by Crippen LogP contribution is 2.36. The van der Waals surface area contributed by atoms with Crippen molar-refractivity contribution in [2.75, 3.05) is 7.05 Å². The first-order valence-corrected chi connectivity index (χ1v) is 8.13. The highest BCUT2D eigenvalue weighted by atomic mass is 15.2. The Morgan fingerprint density at radius 2 is 1.74 bits per heavy atom. The quantitative estimate of drug-likeness (QED) is 0.846. The fraction of sp³-hybridized carbons (Fsp3) is 0.938. The van der Waals surface area contributed by atoms with Crippen molar-refractivity contribution in [3.8, 4) is 6.07 Å². The van der Waals surface area contributed by atoms with Crippen LogP contribution in [0.4, 0.5) is 0 Å². The van der Waals surface area contributed by atoms with Crippen LogP contribution in [-0.4, -0.2) is 35.6 Å². The molecule has 0 aliphatic heterocycles. The van der Waals surface area contributed by atoms with Crippen LogP contribution >= 0.6 is 0 Å². The van der Waals surface area contributed by atoms with Crippen LogP contribution in [-0.2, 0) is 0 Å². The van der Waals surface area contributed by atoms with Crippen molar-refractivity contribution in [2.45, 2.75) is 87.9 Å². The van der Waals surface area contributed by atoms with Gasteiger partial charge in [0.05, 0.1) is 6.07 Å². The molecule has 3 rings (SSSR count). The van der Waals surface area contributed by atoms with E-state index in [9.17, 15) is 5.26 Å². The lowest BCUT2D eigenvalue weighted by molar-refractivity contribution is 0.106. The van der Waals surface area contributed by atoms with Crippen molar-refractivity contribution in [3.05, 3.63) is 0 Å². The third-order valence-corrected chi connectivity index (χ3v) is 5.47. The van der Waals surface area contributed by atoms with E-state index >= 15 is 0 Å². The largest absolute Gasteiger partial charge is 0.300 e. The monoisotopic (exact) mass is 261 g/mol. The lowest BCUT2D eigenvalue weighted by Crippen LogP contribution is -2.54. The summed E-state index contributed by atoms with van der Waals surface area (Å²) in [6.45, 7) is 0. The van der Waals surface area contributed by atoms with Gasteiger partial charge in [-0.05, 0) is 58.4 Å². The van der Waals surface area contributed by atoms with Crippen molar-refractivity contribution in [1.29, 1.82) is 5.26 Å². The van der Waals surface area contributed by atoms with Crippen LogP contribution in [0.15, 0.2) is 0 Å². The number of nitrogens with one attached hydrogen (secondary N) is 1. The molecule has 1 N–H and O–H groups in total. The smallest absolute Gasteiger partial charge is 0.108 e. The molecule has 0 aromatic carbocycles. The number of nitriles is 1. The Hall–Kier alpha value is -0.590. The molecule has 106 valence electrons. The van der Waals surface area contributed by atoms with E-state index in [2.05, 4.69) is 23.3 Å². The Kier molecular flexibility index (Phi) is 3.82. The standard InChI is InChI=1S/C16H27N3/c1-19(14-5-2-3-6-14)15-7-4-10-16(11-15,12-17)18-13-8-9-13/h13-15,18H,2-11H2,1H3. The van der Waals surface area contributed by atoms with Crippen molar-refractivity contribution in [1.82, 2.24) is 10.2 Å². The summed E-state index contributed by atoms with van der Waals surface area (Å²) in [4.78, 5) is 2.60. The van der Waals surface area contributed by atoms with Crippen LogP contribution in [0.1, 0.15) is 64.2 Å². The summed E-state index contributed by atoms with van der Waals surface area (Å²) in [5.41, 5.74) is -0.225. The highest BCUT2D eigenvalue weighted by molar-refractivity contribution is 5.13. The molecule has 3 heteroatoms. The molecule has 0 bridgehead atoms. The fourth-order valence-electron chi connectivity index (χ4n) is 4.09. The zero-order chi connectivity index (χ0) is 13.3. The van der Waals surface area contributed by atoms with Crippen molar-refractivity contribution in [3.63, 3.8) is 0 Å². The number of rotatable bonds is 4. The summed E-state index contributed by atoms with van der Waals surface area (Å²) >= 11 is 0. The van der Waals surface area contributed by atoms with E-state index < -0.39 is 0 Å². The Labute approximate surface area is 117 Å². The van der Waals surface area contributed by atoms with E-state index in [1.54, 1.807) is 0 Å². The molecule has 0 heterocycles. The Balaban J connectivity index is 1.64. The number of nitrogens with zero attached hydrogens (tertiary/aromatic N) is 2. The second-order valence-electron chi connectivity index (χ2n) is 6.97. The van der Waals surface area contributed by atoms with Gasteiger partial charge < -0.3 is 4.90 Å². The molecule has 3 aliphatic carbocycles. The molecule has 3 fully saturated rings. The van der Waals surface area contributed by atoms with Crippen molar-refractivity contribution >= 4 is 0 Å². The second-order valence-corrected chi connectivity index (χ2v) is 6.97. The summed E-state index contributed by atoms with van der Waals surface area (Å²) in [5.74, 6) is 0. The molecule has 3 nitrogen and oxygen atoms in total. The van der Waals surface area contributed by atoms with Crippen molar-refractivity contribution < 1.29 is 0 Å². The summed E-state index contributed by atoms with van der Waals surface area (Å²) in [6, 6.07) is 4.65. The maximum atomic E-state index is 9.65. The van der Waals surface area contributed by atoms with E-state index in [1.807, 2.05) is 0 Å². The molecule has 2 atom stereocenters. The maximum absolute atomic E-state index is 9.65. The summed E-state index contributed by atoms with van der Waals surface area (Å²) in [5, 5.41) is 13.3. The van der Waals surface area contributed by atoms with E-state index in [0.29, 0.717) is 12.1 Å². The zero-order valence-corrected chi connectivity index (χ0v) is 12.2. The minimum atomic E-state index is -0.225. The minimum absolute atomic E-state index is 0.225. The summed E-state index contributed by atoms with van der Waals surface area (Å²) in [6.07, 6.45) is 12.6. The van der Waals surface area contributed by atoms with Gasteiger partial charge in [0.1, 0.15) is 5.54 Å². The Morgan fingerprint density at radius 1 is 1.05 bits per heavy atom. The second kappa shape index (κ2) is 5.42. The van der Waals surface area contributed by atoms with Gasteiger partial charge in [-0.15, -0.1) is 0 Å². The topological polar surface area (TPSA) is 39.1 Å². The van der Waals surface area contributed by atoms with E-state index in [1.165, 1.54) is 51.4 Å². The van der Waals surface area contributed by atoms with E-state index in [-0.39, 0.29) is 5.54 Å².